The Balaban J connectivity index is 2.26. The van der Waals surface area contributed by atoms with Crippen molar-refractivity contribution in [2.24, 2.45) is 5.92 Å². The van der Waals surface area contributed by atoms with E-state index < -0.39 is 0 Å². The first-order valence-electron chi connectivity index (χ1n) is 5.69. The van der Waals surface area contributed by atoms with Gasteiger partial charge in [0.15, 0.2) is 0 Å². The Labute approximate surface area is 91.6 Å². The average Bonchev–Trinajstić information content (AvgIpc) is 2.59. The maximum Gasteiger partial charge on any atom is 0.0829 e. The van der Waals surface area contributed by atoms with Crippen molar-refractivity contribution < 1.29 is 4.74 Å². The fourth-order valence-electron chi connectivity index (χ4n) is 1.43. The minimum Gasteiger partial charge on any atom is -0.382 e. The molecular formula is C11H21N3O. The summed E-state index contributed by atoms with van der Waals surface area (Å²) in [6, 6.07) is 0. The van der Waals surface area contributed by atoms with Gasteiger partial charge in [-0.15, -0.1) is 5.10 Å². The molecule has 15 heavy (non-hydrogen) atoms. The summed E-state index contributed by atoms with van der Waals surface area (Å²) in [5.74, 6) is 0.638. The number of rotatable bonds is 7. The van der Waals surface area contributed by atoms with Crippen LogP contribution in [-0.2, 0) is 17.7 Å². The van der Waals surface area contributed by atoms with Crippen molar-refractivity contribution in [1.82, 2.24) is 15.0 Å². The van der Waals surface area contributed by atoms with Gasteiger partial charge in [0.25, 0.3) is 0 Å². The van der Waals surface area contributed by atoms with Crippen molar-refractivity contribution >= 4 is 0 Å². The zero-order chi connectivity index (χ0) is 11.1. The molecule has 0 amide bonds. The van der Waals surface area contributed by atoms with E-state index in [9.17, 15) is 0 Å². The summed E-state index contributed by atoms with van der Waals surface area (Å²) >= 11 is 0. The molecule has 0 saturated heterocycles. The fraction of sp³-hybridized carbons (Fsp3) is 0.818. The standard InChI is InChI=1S/C11H21N3O/c1-4-15-7-5-6-14-9-11(12-13-14)8-10(2)3/h9-10H,4-8H2,1-3H3. The zero-order valence-corrected chi connectivity index (χ0v) is 9.94. The van der Waals surface area contributed by atoms with Gasteiger partial charge in [0.05, 0.1) is 5.69 Å². The van der Waals surface area contributed by atoms with Gasteiger partial charge in [-0.05, 0) is 25.7 Å². The van der Waals surface area contributed by atoms with Crippen molar-refractivity contribution in [3.05, 3.63) is 11.9 Å². The average molecular weight is 211 g/mol. The van der Waals surface area contributed by atoms with E-state index in [1.54, 1.807) is 0 Å². The number of aryl methyl sites for hydroxylation is 1. The Bertz CT molecular complexity index is 271. The summed E-state index contributed by atoms with van der Waals surface area (Å²) < 4.78 is 7.16. The van der Waals surface area contributed by atoms with Gasteiger partial charge in [0.2, 0.25) is 0 Å². The number of hydrogen-bond donors (Lipinski definition) is 0. The van der Waals surface area contributed by atoms with Crippen LogP contribution in [0.1, 0.15) is 32.9 Å². The highest BCUT2D eigenvalue weighted by molar-refractivity contribution is 4.92. The van der Waals surface area contributed by atoms with Crippen molar-refractivity contribution in [2.45, 2.75) is 40.2 Å². The minimum atomic E-state index is 0.638. The van der Waals surface area contributed by atoms with Gasteiger partial charge in [0, 0.05) is 26.0 Å². The van der Waals surface area contributed by atoms with Crippen LogP contribution in [0.2, 0.25) is 0 Å². The highest BCUT2D eigenvalue weighted by Crippen LogP contribution is 2.03. The molecule has 0 aliphatic carbocycles. The summed E-state index contributed by atoms with van der Waals surface area (Å²) in [5, 5.41) is 8.21. The second-order valence-corrected chi connectivity index (χ2v) is 4.12. The van der Waals surface area contributed by atoms with E-state index >= 15 is 0 Å². The lowest BCUT2D eigenvalue weighted by Crippen LogP contribution is -2.03. The van der Waals surface area contributed by atoms with Crippen LogP contribution in [0, 0.1) is 5.92 Å². The Morgan fingerprint density at radius 3 is 2.93 bits per heavy atom. The van der Waals surface area contributed by atoms with E-state index in [1.165, 1.54) is 0 Å². The zero-order valence-electron chi connectivity index (χ0n) is 9.94. The molecule has 0 saturated carbocycles. The largest absolute Gasteiger partial charge is 0.382 e. The molecular weight excluding hydrogens is 190 g/mol. The predicted octanol–water partition coefficient (Wildman–Crippen LogP) is 1.90. The highest BCUT2D eigenvalue weighted by Gasteiger charge is 2.02. The first-order valence-corrected chi connectivity index (χ1v) is 5.69. The van der Waals surface area contributed by atoms with E-state index in [4.69, 9.17) is 4.74 Å². The Morgan fingerprint density at radius 2 is 2.27 bits per heavy atom. The maximum atomic E-state index is 5.27. The topological polar surface area (TPSA) is 39.9 Å². The molecule has 0 aromatic carbocycles. The van der Waals surface area contributed by atoms with Crippen LogP contribution in [0.15, 0.2) is 6.20 Å². The molecule has 0 bridgehead atoms. The van der Waals surface area contributed by atoms with Crippen molar-refractivity contribution in [3.63, 3.8) is 0 Å². The Hall–Kier alpha value is -0.900. The third-order valence-electron chi connectivity index (χ3n) is 2.08. The molecule has 0 fully saturated rings. The van der Waals surface area contributed by atoms with Crippen molar-refractivity contribution in [3.8, 4) is 0 Å². The van der Waals surface area contributed by atoms with Gasteiger partial charge in [-0.25, -0.2) is 0 Å². The van der Waals surface area contributed by atoms with Crippen LogP contribution in [-0.4, -0.2) is 28.2 Å². The summed E-state index contributed by atoms with van der Waals surface area (Å²) in [4.78, 5) is 0. The van der Waals surface area contributed by atoms with Crippen molar-refractivity contribution in [2.75, 3.05) is 13.2 Å². The van der Waals surface area contributed by atoms with Crippen molar-refractivity contribution in [1.29, 1.82) is 0 Å². The summed E-state index contributed by atoms with van der Waals surface area (Å²) in [6.45, 7) is 8.87. The van der Waals surface area contributed by atoms with Crippen LogP contribution >= 0.6 is 0 Å². The molecule has 0 aliphatic rings. The van der Waals surface area contributed by atoms with Crippen LogP contribution in [0.25, 0.3) is 0 Å². The van der Waals surface area contributed by atoms with Crippen LogP contribution in [0.5, 0.6) is 0 Å². The number of ether oxygens (including phenoxy) is 1. The molecule has 0 radical (unpaired) electrons. The SMILES string of the molecule is CCOCCCn1cc(CC(C)C)nn1. The van der Waals surface area contributed by atoms with Gasteiger partial charge < -0.3 is 4.74 Å². The van der Waals surface area contributed by atoms with Gasteiger partial charge in [-0.3, -0.25) is 4.68 Å². The summed E-state index contributed by atoms with van der Waals surface area (Å²) in [6.07, 6.45) is 4.04. The van der Waals surface area contributed by atoms with Gasteiger partial charge >= 0.3 is 0 Å². The predicted molar refractivity (Wildman–Crippen MR) is 59.7 cm³/mol. The molecule has 4 nitrogen and oxygen atoms in total. The van der Waals surface area contributed by atoms with E-state index in [0.29, 0.717) is 5.92 Å². The number of hydrogen-bond acceptors (Lipinski definition) is 3. The van der Waals surface area contributed by atoms with Gasteiger partial charge in [-0.2, -0.15) is 0 Å². The quantitative estimate of drug-likeness (QED) is 0.647. The molecule has 0 atom stereocenters. The number of aromatic nitrogens is 3. The molecule has 4 heteroatoms. The van der Waals surface area contributed by atoms with Gasteiger partial charge in [-0.1, -0.05) is 19.1 Å². The first kappa shape index (κ1) is 12.2. The minimum absolute atomic E-state index is 0.638. The summed E-state index contributed by atoms with van der Waals surface area (Å²) in [5.41, 5.74) is 1.08. The van der Waals surface area contributed by atoms with Gasteiger partial charge in [0.1, 0.15) is 0 Å². The molecule has 1 heterocycles. The molecule has 0 N–H and O–H groups in total. The number of nitrogens with zero attached hydrogens (tertiary/aromatic N) is 3. The third-order valence-corrected chi connectivity index (χ3v) is 2.08. The molecule has 0 aliphatic heterocycles. The molecule has 1 aromatic heterocycles. The lowest BCUT2D eigenvalue weighted by atomic mass is 10.1. The molecule has 0 spiro atoms. The normalized spacial score (nSPS) is 11.2. The molecule has 1 aromatic rings. The fourth-order valence-corrected chi connectivity index (χ4v) is 1.43. The Kier molecular flexibility index (Phi) is 5.32. The molecule has 1 rings (SSSR count). The monoisotopic (exact) mass is 211 g/mol. The second kappa shape index (κ2) is 6.56. The van der Waals surface area contributed by atoms with Crippen LogP contribution in [0.3, 0.4) is 0 Å². The van der Waals surface area contributed by atoms with E-state index in [-0.39, 0.29) is 0 Å². The summed E-state index contributed by atoms with van der Waals surface area (Å²) in [7, 11) is 0. The lowest BCUT2D eigenvalue weighted by Gasteiger charge is -2.00. The third kappa shape index (κ3) is 4.93. The van der Waals surface area contributed by atoms with E-state index in [2.05, 4.69) is 24.2 Å². The molecule has 86 valence electrons. The highest BCUT2D eigenvalue weighted by atomic mass is 16.5. The molecule has 0 unspecified atom stereocenters. The van der Waals surface area contributed by atoms with Crippen LogP contribution in [0.4, 0.5) is 0 Å². The second-order valence-electron chi connectivity index (χ2n) is 4.12. The lowest BCUT2D eigenvalue weighted by molar-refractivity contribution is 0.140. The first-order chi connectivity index (χ1) is 7.22. The van der Waals surface area contributed by atoms with E-state index in [0.717, 1.165) is 38.3 Å². The smallest absolute Gasteiger partial charge is 0.0829 e. The maximum absolute atomic E-state index is 5.27. The van der Waals surface area contributed by atoms with Crippen LogP contribution < -0.4 is 0 Å². The Morgan fingerprint density at radius 1 is 1.47 bits per heavy atom. The van der Waals surface area contributed by atoms with E-state index in [1.807, 2.05) is 17.8 Å².